The van der Waals surface area contributed by atoms with Crippen LogP contribution in [0.25, 0.3) is 10.2 Å². The van der Waals surface area contributed by atoms with Gasteiger partial charge in [-0.2, -0.15) is 0 Å². The first kappa shape index (κ1) is 22.2. The zero-order valence-corrected chi connectivity index (χ0v) is 20.0. The van der Waals surface area contributed by atoms with Gasteiger partial charge in [0.05, 0.1) is 30.4 Å². The zero-order valence-electron chi connectivity index (χ0n) is 19.2. The highest BCUT2D eigenvalue weighted by Crippen LogP contribution is 2.46. The number of methoxy groups -OCH3 is 2. The number of carbonyl (C=O) groups excluding carboxylic acids is 2. The predicted octanol–water partition coefficient (Wildman–Crippen LogP) is 4.92. The van der Waals surface area contributed by atoms with Crippen LogP contribution in [0.5, 0.6) is 11.5 Å². The number of dihydropyridines is 1. The highest BCUT2D eigenvalue weighted by Gasteiger charge is 2.40. The number of para-hydroxylation sites is 1. The molecule has 1 aliphatic heterocycles. The quantitative estimate of drug-likeness (QED) is 0.545. The monoisotopic (exact) mass is 475 g/mol. The van der Waals surface area contributed by atoms with Crippen LogP contribution in [0.4, 0.5) is 5.13 Å². The summed E-state index contributed by atoms with van der Waals surface area (Å²) in [5.41, 5.74) is 4.23. The summed E-state index contributed by atoms with van der Waals surface area (Å²) in [4.78, 5) is 31.5. The van der Waals surface area contributed by atoms with E-state index in [-0.39, 0.29) is 11.7 Å². The minimum absolute atomic E-state index is 0.0430. The lowest BCUT2D eigenvalue weighted by atomic mass is 9.74. The van der Waals surface area contributed by atoms with Gasteiger partial charge in [-0.25, -0.2) is 4.98 Å². The maximum absolute atomic E-state index is 13.7. The third-order valence-corrected chi connectivity index (χ3v) is 7.23. The molecule has 1 amide bonds. The molecule has 0 unspecified atom stereocenters. The molecule has 2 aromatic carbocycles. The maximum Gasteiger partial charge on any atom is 0.256 e. The van der Waals surface area contributed by atoms with E-state index in [1.54, 1.807) is 20.3 Å². The van der Waals surface area contributed by atoms with Crippen LogP contribution in [0.2, 0.25) is 0 Å². The molecule has 0 bridgehead atoms. The van der Waals surface area contributed by atoms with Gasteiger partial charge in [0.1, 0.15) is 11.5 Å². The van der Waals surface area contributed by atoms with E-state index in [1.807, 2.05) is 43.3 Å². The summed E-state index contributed by atoms with van der Waals surface area (Å²) in [7, 11) is 3.17. The largest absolute Gasteiger partial charge is 0.497 e. The van der Waals surface area contributed by atoms with Crippen molar-refractivity contribution < 1.29 is 19.1 Å². The van der Waals surface area contributed by atoms with Gasteiger partial charge >= 0.3 is 0 Å². The van der Waals surface area contributed by atoms with Crippen LogP contribution in [-0.2, 0) is 9.59 Å². The Hall–Kier alpha value is -3.65. The van der Waals surface area contributed by atoms with E-state index in [9.17, 15) is 9.59 Å². The molecular weight excluding hydrogens is 450 g/mol. The Bertz CT molecular complexity index is 1340. The van der Waals surface area contributed by atoms with Gasteiger partial charge in [-0.3, -0.25) is 14.9 Å². The Labute approximate surface area is 201 Å². The van der Waals surface area contributed by atoms with Gasteiger partial charge in [-0.05, 0) is 50.1 Å². The van der Waals surface area contributed by atoms with Crippen molar-refractivity contribution >= 4 is 38.4 Å². The number of benzene rings is 2. The summed E-state index contributed by atoms with van der Waals surface area (Å²) < 4.78 is 12.1. The number of ketones is 1. The number of nitrogens with one attached hydrogen (secondary N) is 2. The molecule has 0 radical (unpaired) electrons. The molecule has 2 aliphatic rings. The number of nitrogens with zero attached hydrogens (tertiary/aromatic N) is 1. The number of ether oxygens (including phenoxy) is 2. The van der Waals surface area contributed by atoms with Crippen molar-refractivity contribution in [1.29, 1.82) is 0 Å². The van der Waals surface area contributed by atoms with Gasteiger partial charge in [-0.1, -0.05) is 23.5 Å². The SMILES string of the molecule is COc1ccc(OC)c([C@@H]2C(C(=O)Nc3nc4ccccc4s3)=C(C)NC3=C2C(=O)CCC3)c1. The number of Topliss-reactive ketones (excluding diaryl/α,β-unsaturated/α-hetero) is 1. The molecule has 34 heavy (non-hydrogen) atoms. The summed E-state index contributed by atoms with van der Waals surface area (Å²) >= 11 is 1.42. The fraction of sp³-hybridized carbons (Fsp3) is 0.269. The van der Waals surface area contributed by atoms with Crippen LogP contribution < -0.4 is 20.1 Å². The maximum atomic E-state index is 13.7. The van der Waals surface area contributed by atoms with Crippen molar-refractivity contribution in [3.63, 3.8) is 0 Å². The molecule has 7 nitrogen and oxygen atoms in total. The van der Waals surface area contributed by atoms with E-state index in [0.717, 1.165) is 34.3 Å². The van der Waals surface area contributed by atoms with E-state index in [4.69, 9.17) is 9.47 Å². The Morgan fingerprint density at radius 1 is 1.15 bits per heavy atom. The molecule has 0 saturated heterocycles. The standard InChI is InChI=1S/C26H25N3O4S/c1-14-22(25(31)29-26-28-17-7-4-5-10-21(17)34-26)23(24-18(27-14)8-6-9-19(24)30)16-13-15(32-2)11-12-20(16)33-3/h4-5,7,10-13,23,27H,6,8-9H2,1-3H3,(H,28,29,31)/t23-/m1/s1. The summed E-state index contributed by atoms with van der Waals surface area (Å²) in [6, 6.07) is 13.2. The third kappa shape index (κ3) is 3.84. The van der Waals surface area contributed by atoms with Crippen LogP contribution in [-0.4, -0.2) is 30.9 Å². The molecule has 2 heterocycles. The lowest BCUT2D eigenvalue weighted by Gasteiger charge is -2.35. The number of anilines is 1. The first-order chi connectivity index (χ1) is 16.5. The second-order valence-electron chi connectivity index (χ2n) is 8.31. The van der Waals surface area contributed by atoms with Crippen LogP contribution in [0.3, 0.4) is 0 Å². The van der Waals surface area contributed by atoms with Crippen molar-refractivity contribution in [3.05, 3.63) is 70.6 Å². The third-order valence-electron chi connectivity index (χ3n) is 6.28. The minimum Gasteiger partial charge on any atom is -0.497 e. The first-order valence-corrected chi connectivity index (χ1v) is 11.9. The highest BCUT2D eigenvalue weighted by atomic mass is 32.1. The van der Waals surface area contributed by atoms with Crippen molar-refractivity contribution in [2.75, 3.05) is 19.5 Å². The van der Waals surface area contributed by atoms with Crippen molar-refractivity contribution in [1.82, 2.24) is 10.3 Å². The minimum atomic E-state index is -0.580. The number of thiazole rings is 1. The first-order valence-electron chi connectivity index (χ1n) is 11.1. The highest BCUT2D eigenvalue weighted by molar-refractivity contribution is 7.22. The van der Waals surface area contributed by atoms with Crippen LogP contribution in [0, 0.1) is 0 Å². The van der Waals surface area contributed by atoms with Crippen molar-refractivity contribution in [2.45, 2.75) is 32.1 Å². The van der Waals surface area contributed by atoms with Gasteiger partial charge in [-0.15, -0.1) is 0 Å². The molecule has 5 rings (SSSR count). The normalized spacial score (nSPS) is 18.0. The molecule has 0 spiro atoms. The number of aromatic nitrogens is 1. The van der Waals surface area contributed by atoms with Gasteiger partial charge in [0, 0.05) is 34.5 Å². The molecule has 1 aliphatic carbocycles. The number of hydrogen-bond acceptors (Lipinski definition) is 7. The van der Waals surface area contributed by atoms with Crippen molar-refractivity contribution in [3.8, 4) is 11.5 Å². The number of hydrogen-bond donors (Lipinski definition) is 2. The average Bonchev–Trinajstić information content (AvgIpc) is 3.25. The summed E-state index contributed by atoms with van der Waals surface area (Å²) in [5, 5.41) is 6.83. The van der Waals surface area contributed by atoms with E-state index >= 15 is 0 Å². The zero-order chi connectivity index (χ0) is 23.8. The molecular formula is C26H25N3O4S. The lowest BCUT2D eigenvalue weighted by molar-refractivity contribution is -0.116. The molecule has 0 saturated carbocycles. The van der Waals surface area contributed by atoms with Crippen LogP contribution >= 0.6 is 11.3 Å². The molecule has 1 aromatic heterocycles. The number of rotatable bonds is 5. The smallest absolute Gasteiger partial charge is 0.256 e. The molecule has 8 heteroatoms. The molecule has 1 atom stereocenters. The van der Waals surface area contributed by atoms with E-state index < -0.39 is 5.92 Å². The Kier molecular flexibility index (Phi) is 5.83. The molecule has 3 aromatic rings. The molecule has 2 N–H and O–H groups in total. The van der Waals surface area contributed by atoms with Gasteiger partial charge in [0.2, 0.25) is 0 Å². The van der Waals surface area contributed by atoms with E-state index in [2.05, 4.69) is 15.6 Å². The predicted molar refractivity (Wildman–Crippen MR) is 132 cm³/mol. The Morgan fingerprint density at radius 2 is 1.97 bits per heavy atom. The van der Waals surface area contributed by atoms with E-state index in [0.29, 0.717) is 39.9 Å². The molecule has 0 fully saturated rings. The van der Waals surface area contributed by atoms with Crippen LogP contribution in [0.15, 0.2) is 65.0 Å². The number of allylic oxidation sites excluding steroid dienone is 3. The fourth-order valence-corrected chi connectivity index (χ4v) is 5.61. The van der Waals surface area contributed by atoms with Crippen molar-refractivity contribution in [2.24, 2.45) is 0 Å². The summed E-state index contributed by atoms with van der Waals surface area (Å²) in [5.74, 6) is 0.382. The fourth-order valence-electron chi connectivity index (χ4n) is 4.75. The van der Waals surface area contributed by atoms with Gasteiger partial charge in [0.25, 0.3) is 5.91 Å². The topological polar surface area (TPSA) is 89.6 Å². The van der Waals surface area contributed by atoms with Gasteiger partial charge < -0.3 is 14.8 Å². The number of amides is 1. The van der Waals surface area contributed by atoms with E-state index in [1.165, 1.54) is 11.3 Å². The summed E-state index contributed by atoms with van der Waals surface area (Å²) in [6.07, 6.45) is 2.00. The number of carbonyl (C=O) groups is 2. The lowest BCUT2D eigenvalue weighted by Crippen LogP contribution is -2.35. The summed E-state index contributed by atoms with van der Waals surface area (Å²) in [6.45, 7) is 1.87. The van der Waals surface area contributed by atoms with Gasteiger partial charge in [0.15, 0.2) is 10.9 Å². The second kappa shape index (κ2) is 8.95. The molecule has 174 valence electrons. The Balaban J connectivity index is 1.62. The van der Waals surface area contributed by atoms with Crippen LogP contribution in [0.1, 0.15) is 37.7 Å². The number of fused-ring (bicyclic) bond motifs is 1. The average molecular weight is 476 g/mol. The Morgan fingerprint density at radius 3 is 2.74 bits per heavy atom. The second-order valence-corrected chi connectivity index (χ2v) is 9.35.